The van der Waals surface area contributed by atoms with E-state index >= 15 is 0 Å². The van der Waals surface area contributed by atoms with Gasteiger partial charge in [-0.25, -0.2) is 4.39 Å². The molecule has 0 fully saturated rings. The number of hydrogen-bond acceptors (Lipinski definition) is 4. The largest absolute Gasteiger partial charge is 0.379 e. The molecule has 0 unspecified atom stereocenters. The summed E-state index contributed by atoms with van der Waals surface area (Å²) in [6.07, 6.45) is 3.92. The van der Waals surface area contributed by atoms with E-state index in [0.717, 1.165) is 16.8 Å². The molecule has 27 heavy (non-hydrogen) atoms. The van der Waals surface area contributed by atoms with E-state index in [2.05, 4.69) is 21.0 Å². The van der Waals surface area contributed by atoms with Crippen LogP contribution < -0.4 is 16.0 Å². The van der Waals surface area contributed by atoms with E-state index in [1.54, 1.807) is 16.9 Å². The van der Waals surface area contributed by atoms with Crippen molar-refractivity contribution in [3.8, 4) is 11.1 Å². The van der Waals surface area contributed by atoms with Crippen LogP contribution in [-0.4, -0.2) is 21.7 Å². The van der Waals surface area contributed by atoms with Crippen LogP contribution in [0.5, 0.6) is 0 Å². The van der Waals surface area contributed by atoms with Gasteiger partial charge in [-0.2, -0.15) is 5.10 Å². The van der Waals surface area contributed by atoms with Crippen LogP contribution in [0.3, 0.4) is 0 Å². The summed E-state index contributed by atoms with van der Waals surface area (Å²) in [6, 6.07) is 10.5. The SMILES string of the molecule is C[C@@H]1CC(=O)Nc2cccc(Nc3ccc(-c4cnn(C)c4)cc3F)c2N1. The molecule has 1 atom stereocenters. The van der Waals surface area contributed by atoms with Crippen molar-refractivity contribution >= 4 is 28.7 Å². The van der Waals surface area contributed by atoms with Gasteiger partial charge in [-0.15, -0.1) is 0 Å². The summed E-state index contributed by atoms with van der Waals surface area (Å²) in [6.45, 7) is 1.94. The van der Waals surface area contributed by atoms with Crippen LogP contribution in [0.15, 0.2) is 48.8 Å². The second-order valence-corrected chi connectivity index (χ2v) is 6.75. The number of rotatable bonds is 3. The van der Waals surface area contributed by atoms with Crippen LogP contribution in [0.25, 0.3) is 11.1 Å². The number of aryl methyl sites for hydroxylation is 1. The maximum Gasteiger partial charge on any atom is 0.226 e. The maximum absolute atomic E-state index is 14.7. The molecule has 1 aromatic heterocycles. The van der Waals surface area contributed by atoms with Gasteiger partial charge in [0, 0.05) is 31.3 Å². The molecule has 3 N–H and O–H groups in total. The summed E-state index contributed by atoms with van der Waals surface area (Å²) in [5, 5.41) is 13.5. The zero-order valence-electron chi connectivity index (χ0n) is 15.1. The molecule has 0 saturated carbocycles. The van der Waals surface area contributed by atoms with Gasteiger partial charge in [-0.1, -0.05) is 12.1 Å². The van der Waals surface area contributed by atoms with Gasteiger partial charge >= 0.3 is 0 Å². The van der Waals surface area contributed by atoms with Crippen molar-refractivity contribution in [2.75, 3.05) is 16.0 Å². The Hall–Kier alpha value is -3.35. The molecule has 0 aliphatic carbocycles. The van der Waals surface area contributed by atoms with Crippen molar-refractivity contribution in [3.05, 3.63) is 54.6 Å². The quantitative estimate of drug-likeness (QED) is 0.653. The van der Waals surface area contributed by atoms with Gasteiger partial charge in [0.1, 0.15) is 5.82 Å². The highest BCUT2D eigenvalue weighted by atomic mass is 19.1. The smallest absolute Gasteiger partial charge is 0.226 e. The van der Waals surface area contributed by atoms with Crippen LogP contribution in [0, 0.1) is 5.82 Å². The zero-order valence-corrected chi connectivity index (χ0v) is 15.1. The first-order chi connectivity index (χ1) is 13.0. The number of anilines is 4. The Kier molecular flexibility index (Phi) is 4.27. The normalized spacial score (nSPS) is 16.1. The highest BCUT2D eigenvalue weighted by Gasteiger charge is 2.20. The van der Waals surface area contributed by atoms with Crippen LogP contribution in [-0.2, 0) is 11.8 Å². The highest BCUT2D eigenvalue weighted by Crippen LogP contribution is 2.36. The lowest BCUT2D eigenvalue weighted by molar-refractivity contribution is -0.116. The minimum atomic E-state index is -0.361. The first kappa shape index (κ1) is 17.1. The molecule has 4 rings (SSSR count). The van der Waals surface area contributed by atoms with Crippen LogP contribution in [0.4, 0.5) is 27.1 Å². The molecular weight excluding hydrogens is 345 g/mol. The molecule has 1 aliphatic heterocycles. The first-order valence-corrected chi connectivity index (χ1v) is 8.74. The summed E-state index contributed by atoms with van der Waals surface area (Å²) < 4.78 is 16.4. The number of carbonyl (C=O) groups excluding carboxylic acids is 1. The number of aromatic nitrogens is 2. The van der Waals surface area contributed by atoms with Gasteiger partial charge in [0.25, 0.3) is 0 Å². The van der Waals surface area contributed by atoms with E-state index in [-0.39, 0.29) is 17.8 Å². The van der Waals surface area contributed by atoms with Crippen molar-refractivity contribution in [3.63, 3.8) is 0 Å². The molecular formula is C20H20FN5O. The summed E-state index contributed by atoms with van der Waals surface area (Å²) in [5.41, 5.74) is 4.12. The van der Waals surface area contributed by atoms with E-state index in [1.807, 2.05) is 44.4 Å². The number of hydrogen-bond donors (Lipinski definition) is 3. The second-order valence-electron chi connectivity index (χ2n) is 6.75. The zero-order chi connectivity index (χ0) is 19.0. The van der Waals surface area contributed by atoms with Gasteiger partial charge < -0.3 is 16.0 Å². The minimum absolute atomic E-state index is 0.0213. The third kappa shape index (κ3) is 3.48. The third-order valence-corrected chi connectivity index (χ3v) is 4.50. The minimum Gasteiger partial charge on any atom is -0.379 e. The summed E-state index contributed by atoms with van der Waals surface area (Å²) in [7, 11) is 1.82. The average Bonchev–Trinajstić information content (AvgIpc) is 2.98. The Bertz CT molecular complexity index is 1010. The fourth-order valence-electron chi connectivity index (χ4n) is 3.20. The van der Waals surface area contributed by atoms with E-state index in [1.165, 1.54) is 6.07 Å². The van der Waals surface area contributed by atoms with Gasteiger partial charge in [0.15, 0.2) is 0 Å². The average molecular weight is 365 g/mol. The molecule has 1 amide bonds. The number of nitrogens with zero attached hydrogens (tertiary/aromatic N) is 2. The Balaban J connectivity index is 1.65. The molecule has 0 bridgehead atoms. The van der Waals surface area contributed by atoms with Gasteiger partial charge in [-0.05, 0) is 36.8 Å². The molecule has 2 heterocycles. The van der Waals surface area contributed by atoms with E-state index in [9.17, 15) is 9.18 Å². The fraction of sp³-hybridized carbons (Fsp3) is 0.200. The van der Waals surface area contributed by atoms with Crippen molar-refractivity contribution in [2.45, 2.75) is 19.4 Å². The van der Waals surface area contributed by atoms with Crippen molar-refractivity contribution in [2.24, 2.45) is 7.05 Å². The monoisotopic (exact) mass is 365 g/mol. The Morgan fingerprint density at radius 2 is 2.07 bits per heavy atom. The summed E-state index contributed by atoms with van der Waals surface area (Å²) >= 11 is 0. The number of amides is 1. The lowest BCUT2D eigenvalue weighted by Crippen LogP contribution is -2.19. The molecule has 1 aliphatic rings. The molecule has 7 heteroatoms. The van der Waals surface area contributed by atoms with E-state index < -0.39 is 0 Å². The Morgan fingerprint density at radius 1 is 1.22 bits per heavy atom. The standard InChI is InChI=1S/C20H20FN5O/c1-12-8-19(27)25-18-5-3-4-17(20(18)23-12)24-16-7-6-13(9-15(16)21)14-10-22-26(2)11-14/h3-7,9-12,23-24H,8H2,1-2H3,(H,25,27)/t12-/m1/s1. The number of nitrogens with one attached hydrogen (secondary N) is 3. The number of halogens is 1. The van der Waals surface area contributed by atoms with Crippen molar-refractivity contribution < 1.29 is 9.18 Å². The summed E-state index contributed by atoms with van der Waals surface area (Å²) in [5.74, 6) is -0.405. The van der Waals surface area contributed by atoms with E-state index in [4.69, 9.17) is 0 Å². The Labute approximate surface area is 156 Å². The molecule has 3 aromatic rings. The number of para-hydroxylation sites is 1. The van der Waals surface area contributed by atoms with Crippen LogP contribution in [0.1, 0.15) is 13.3 Å². The van der Waals surface area contributed by atoms with Crippen LogP contribution in [0.2, 0.25) is 0 Å². The van der Waals surface area contributed by atoms with Crippen molar-refractivity contribution in [1.29, 1.82) is 0 Å². The molecule has 138 valence electrons. The highest BCUT2D eigenvalue weighted by molar-refractivity contribution is 5.99. The third-order valence-electron chi connectivity index (χ3n) is 4.50. The van der Waals surface area contributed by atoms with Gasteiger partial charge in [0.05, 0.1) is 28.9 Å². The second kappa shape index (κ2) is 6.75. The van der Waals surface area contributed by atoms with Gasteiger partial charge in [-0.3, -0.25) is 9.48 Å². The first-order valence-electron chi connectivity index (χ1n) is 8.74. The Morgan fingerprint density at radius 3 is 2.81 bits per heavy atom. The number of fused-ring (bicyclic) bond motifs is 1. The topological polar surface area (TPSA) is 71.0 Å². The molecule has 2 aromatic carbocycles. The predicted molar refractivity (Wildman–Crippen MR) is 105 cm³/mol. The lowest BCUT2D eigenvalue weighted by Gasteiger charge is -2.18. The van der Waals surface area contributed by atoms with Crippen LogP contribution >= 0.6 is 0 Å². The lowest BCUT2D eigenvalue weighted by atomic mass is 10.1. The van der Waals surface area contributed by atoms with Crippen molar-refractivity contribution in [1.82, 2.24) is 9.78 Å². The number of carbonyl (C=O) groups is 1. The summed E-state index contributed by atoms with van der Waals surface area (Å²) in [4.78, 5) is 11.9. The predicted octanol–water partition coefficient (Wildman–Crippen LogP) is 4.11. The van der Waals surface area contributed by atoms with E-state index in [0.29, 0.717) is 23.5 Å². The molecule has 6 nitrogen and oxygen atoms in total. The molecule has 0 saturated heterocycles. The fourth-order valence-corrected chi connectivity index (χ4v) is 3.20. The number of benzene rings is 2. The van der Waals surface area contributed by atoms with Gasteiger partial charge in [0.2, 0.25) is 5.91 Å². The maximum atomic E-state index is 14.7. The molecule has 0 radical (unpaired) electrons. The molecule has 0 spiro atoms.